The number of hydrogen-bond acceptors (Lipinski definition) is 3. The topological polar surface area (TPSA) is 59.8 Å². The molecule has 5 rings (SSSR count). The molecule has 0 atom stereocenters. The first kappa shape index (κ1) is 20.9. The smallest absolute Gasteiger partial charge is 0.295 e. The summed E-state index contributed by atoms with van der Waals surface area (Å²) in [5.74, 6) is 0.282. The molecule has 4 aromatic carbocycles. The van der Waals surface area contributed by atoms with Crippen LogP contribution < -0.4 is 5.32 Å². The normalized spacial score (nSPS) is 11.0. The highest BCUT2D eigenvalue weighted by molar-refractivity contribution is 6.31. The zero-order valence-electron chi connectivity index (χ0n) is 18.2. The number of anilines is 1. The monoisotopic (exact) mass is 452 g/mol. The first-order valence-electron chi connectivity index (χ1n) is 10.6. The Morgan fingerprint density at radius 3 is 2.52 bits per heavy atom. The molecule has 6 heteroatoms. The fraction of sp³-hybridized carbons (Fsp3) is 0.0741. The number of nitrogens with zero attached hydrogens (tertiary/aromatic N) is 3. The average Bonchev–Trinajstić information content (AvgIpc) is 3.27. The number of carbonyl (C=O) groups is 1. The molecule has 0 bridgehead atoms. The zero-order chi connectivity index (χ0) is 22.9. The van der Waals surface area contributed by atoms with Gasteiger partial charge in [0.2, 0.25) is 5.82 Å². The lowest BCUT2D eigenvalue weighted by Crippen LogP contribution is -2.14. The van der Waals surface area contributed by atoms with Crippen LogP contribution >= 0.6 is 11.6 Å². The van der Waals surface area contributed by atoms with Crippen molar-refractivity contribution >= 4 is 34.0 Å². The molecule has 33 heavy (non-hydrogen) atoms. The molecule has 0 saturated carbocycles. The van der Waals surface area contributed by atoms with Crippen LogP contribution in [0.15, 0.2) is 84.9 Å². The minimum Gasteiger partial charge on any atom is -0.319 e. The number of halogens is 1. The predicted molar refractivity (Wildman–Crippen MR) is 133 cm³/mol. The van der Waals surface area contributed by atoms with E-state index in [9.17, 15) is 4.79 Å². The first-order valence-corrected chi connectivity index (χ1v) is 11.0. The summed E-state index contributed by atoms with van der Waals surface area (Å²) in [5.41, 5.74) is 4.30. The van der Waals surface area contributed by atoms with Crippen molar-refractivity contribution < 1.29 is 4.79 Å². The average molecular weight is 453 g/mol. The van der Waals surface area contributed by atoms with Gasteiger partial charge in [0.15, 0.2) is 5.82 Å². The van der Waals surface area contributed by atoms with E-state index in [1.165, 1.54) is 0 Å². The second-order valence-corrected chi connectivity index (χ2v) is 8.31. The van der Waals surface area contributed by atoms with Crippen LogP contribution in [0.5, 0.6) is 0 Å². The lowest BCUT2D eigenvalue weighted by Gasteiger charge is -2.10. The fourth-order valence-electron chi connectivity index (χ4n) is 3.89. The summed E-state index contributed by atoms with van der Waals surface area (Å²) in [6.45, 7) is 3.94. The molecule has 1 aromatic heterocycles. The summed E-state index contributed by atoms with van der Waals surface area (Å²) >= 11 is 6.38. The van der Waals surface area contributed by atoms with Crippen LogP contribution in [0.4, 0.5) is 5.69 Å². The highest BCUT2D eigenvalue weighted by atomic mass is 35.5. The standard InChI is InChI=1S/C27H21ClN4O/c1-17-8-5-11-20(16-17)26-30-25(31-32(26)24-15-7-13-22(28)18(24)2)27(33)29-23-14-6-10-19-9-3-4-12-21(19)23/h3-16H,1-2H3,(H,29,33). The lowest BCUT2D eigenvalue weighted by atomic mass is 10.1. The highest BCUT2D eigenvalue weighted by Gasteiger charge is 2.21. The van der Waals surface area contributed by atoms with Crippen LogP contribution in [0.1, 0.15) is 21.7 Å². The quantitative estimate of drug-likeness (QED) is 0.333. The number of amides is 1. The molecular formula is C27H21ClN4O. The first-order chi connectivity index (χ1) is 16.0. The maximum atomic E-state index is 13.2. The van der Waals surface area contributed by atoms with Crippen molar-refractivity contribution in [2.75, 3.05) is 5.32 Å². The molecule has 0 radical (unpaired) electrons. The van der Waals surface area contributed by atoms with Gasteiger partial charge in [0.05, 0.1) is 5.69 Å². The van der Waals surface area contributed by atoms with E-state index in [1.807, 2.05) is 98.8 Å². The molecule has 0 unspecified atom stereocenters. The summed E-state index contributed by atoms with van der Waals surface area (Å²) in [6.07, 6.45) is 0. The summed E-state index contributed by atoms with van der Waals surface area (Å²) in [6, 6.07) is 27.3. The van der Waals surface area contributed by atoms with E-state index in [4.69, 9.17) is 11.6 Å². The van der Waals surface area contributed by atoms with Gasteiger partial charge in [0.1, 0.15) is 0 Å². The van der Waals surface area contributed by atoms with Crippen molar-refractivity contribution in [2.24, 2.45) is 0 Å². The Hall–Kier alpha value is -3.96. The molecule has 1 amide bonds. The molecule has 1 N–H and O–H groups in total. The Kier molecular flexibility index (Phi) is 5.40. The van der Waals surface area contributed by atoms with Gasteiger partial charge in [-0.1, -0.05) is 77.8 Å². The Labute approximate surface area is 196 Å². The molecule has 162 valence electrons. The van der Waals surface area contributed by atoms with E-state index in [2.05, 4.69) is 15.4 Å². The second kappa shape index (κ2) is 8.52. The highest BCUT2D eigenvalue weighted by Crippen LogP contribution is 2.28. The third-order valence-corrected chi connectivity index (χ3v) is 6.00. The number of benzene rings is 4. The number of nitrogens with one attached hydrogen (secondary N) is 1. The van der Waals surface area contributed by atoms with Crippen LogP contribution in [0.25, 0.3) is 27.8 Å². The van der Waals surface area contributed by atoms with Crippen molar-refractivity contribution in [1.82, 2.24) is 14.8 Å². The van der Waals surface area contributed by atoms with Gasteiger partial charge in [0.25, 0.3) is 5.91 Å². The lowest BCUT2D eigenvalue weighted by molar-refractivity contribution is 0.101. The summed E-state index contributed by atoms with van der Waals surface area (Å²) in [7, 11) is 0. The number of rotatable bonds is 4. The van der Waals surface area contributed by atoms with Crippen LogP contribution in [0.3, 0.4) is 0 Å². The van der Waals surface area contributed by atoms with E-state index >= 15 is 0 Å². The SMILES string of the molecule is Cc1cccc(-c2nc(C(=O)Nc3cccc4ccccc34)nn2-c2cccc(Cl)c2C)c1. The third-order valence-electron chi connectivity index (χ3n) is 5.59. The molecule has 0 spiro atoms. The van der Waals surface area contributed by atoms with Crippen molar-refractivity contribution in [3.05, 3.63) is 107 Å². The molecule has 5 nitrogen and oxygen atoms in total. The molecule has 0 aliphatic carbocycles. The number of aryl methyl sites for hydroxylation is 1. The summed E-state index contributed by atoms with van der Waals surface area (Å²) < 4.78 is 1.69. The molecular weight excluding hydrogens is 432 g/mol. The van der Waals surface area contributed by atoms with E-state index < -0.39 is 0 Å². The van der Waals surface area contributed by atoms with Crippen LogP contribution in [-0.4, -0.2) is 20.7 Å². The van der Waals surface area contributed by atoms with Gasteiger partial charge in [-0.25, -0.2) is 9.67 Å². The predicted octanol–water partition coefficient (Wildman–Crippen LogP) is 6.61. The second-order valence-electron chi connectivity index (χ2n) is 7.91. The number of hydrogen-bond donors (Lipinski definition) is 1. The summed E-state index contributed by atoms with van der Waals surface area (Å²) in [4.78, 5) is 17.9. The number of fused-ring (bicyclic) bond motifs is 1. The van der Waals surface area contributed by atoms with Gasteiger partial charge >= 0.3 is 0 Å². The van der Waals surface area contributed by atoms with E-state index in [0.29, 0.717) is 16.5 Å². The van der Waals surface area contributed by atoms with Crippen molar-refractivity contribution in [3.63, 3.8) is 0 Å². The molecule has 1 heterocycles. The van der Waals surface area contributed by atoms with E-state index in [0.717, 1.165) is 33.2 Å². The fourth-order valence-corrected chi connectivity index (χ4v) is 4.05. The van der Waals surface area contributed by atoms with Gasteiger partial charge in [-0.2, -0.15) is 0 Å². The third kappa shape index (κ3) is 3.99. The maximum Gasteiger partial charge on any atom is 0.295 e. The van der Waals surface area contributed by atoms with E-state index in [1.54, 1.807) is 4.68 Å². The summed E-state index contributed by atoms with van der Waals surface area (Å²) in [5, 5.41) is 10.2. The van der Waals surface area contributed by atoms with Crippen LogP contribution in [0, 0.1) is 13.8 Å². The number of carbonyl (C=O) groups excluding carboxylic acids is 1. The Balaban J connectivity index is 1.61. The van der Waals surface area contributed by atoms with Crippen molar-refractivity contribution in [1.29, 1.82) is 0 Å². The van der Waals surface area contributed by atoms with Gasteiger partial charge in [0, 0.05) is 21.7 Å². The molecule has 5 aromatic rings. The van der Waals surface area contributed by atoms with Gasteiger partial charge in [-0.05, 0) is 49.1 Å². The molecule has 0 aliphatic heterocycles. The van der Waals surface area contributed by atoms with Crippen LogP contribution in [-0.2, 0) is 0 Å². The minimum atomic E-state index is -0.376. The van der Waals surface area contributed by atoms with Crippen molar-refractivity contribution in [3.8, 4) is 17.1 Å². The largest absolute Gasteiger partial charge is 0.319 e. The van der Waals surface area contributed by atoms with Gasteiger partial charge in [-0.15, -0.1) is 5.10 Å². The molecule has 0 saturated heterocycles. The Morgan fingerprint density at radius 1 is 0.909 bits per heavy atom. The Bertz CT molecular complexity index is 1500. The minimum absolute atomic E-state index is 0.0822. The van der Waals surface area contributed by atoms with Gasteiger partial charge < -0.3 is 5.32 Å². The van der Waals surface area contributed by atoms with E-state index in [-0.39, 0.29) is 11.7 Å². The van der Waals surface area contributed by atoms with Crippen LogP contribution in [0.2, 0.25) is 5.02 Å². The van der Waals surface area contributed by atoms with Crippen molar-refractivity contribution in [2.45, 2.75) is 13.8 Å². The zero-order valence-corrected chi connectivity index (χ0v) is 19.0. The Morgan fingerprint density at radius 2 is 1.67 bits per heavy atom. The molecule has 0 aliphatic rings. The van der Waals surface area contributed by atoms with Gasteiger partial charge in [-0.3, -0.25) is 4.79 Å². The number of aromatic nitrogens is 3. The molecule has 0 fully saturated rings. The maximum absolute atomic E-state index is 13.2.